The highest BCUT2D eigenvalue weighted by molar-refractivity contribution is 9.10. The van der Waals surface area contributed by atoms with Gasteiger partial charge in [-0.15, -0.1) is 0 Å². The number of hydrogen-bond donors (Lipinski definition) is 0. The van der Waals surface area contributed by atoms with Crippen molar-refractivity contribution in [3.8, 4) is 5.75 Å². The number of nitrogens with zero attached hydrogens (tertiary/aromatic N) is 4. The average molecular weight is 585 g/mol. The number of ether oxygens (including phenoxy) is 1. The Labute approximate surface area is 212 Å². The Morgan fingerprint density at radius 2 is 1.58 bits per heavy atom. The Hall–Kier alpha value is -2.61. The molecule has 5 nitrogen and oxygen atoms in total. The van der Waals surface area contributed by atoms with Crippen molar-refractivity contribution in [2.24, 2.45) is 0 Å². The Balaban J connectivity index is 1.66. The minimum atomic E-state index is -0.310. The van der Waals surface area contributed by atoms with Gasteiger partial charge in [0.25, 0.3) is 0 Å². The minimum Gasteiger partial charge on any atom is -0.480 e. The predicted octanol–water partition coefficient (Wildman–Crippen LogP) is 7.04. The predicted molar refractivity (Wildman–Crippen MR) is 137 cm³/mol. The van der Waals surface area contributed by atoms with Gasteiger partial charge in [0.1, 0.15) is 24.2 Å². The van der Waals surface area contributed by atoms with Gasteiger partial charge in [-0.1, -0.05) is 67.7 Å². The third-order valence-corrected chi connectivity index (χ3v) is 7.38. The lowest BCUT2D eigenvalue weighted by molar-refractivity contribution is 0.222. The number of anilines is 1. The molecule has 6 rings (SSSR count). The fourth-order valence-corrected chi connectivity index (χ4v) is 5.36. The second kappa shape index (κ2) is 8.01. The summed E-state index contributed by atoms with van der Waals surface area (Å²) in [6, 6.07) is 22.2. The molecule has 8 heteroatoms. The molecule has 0 aliphatic carbocycles. The lowest BCUT2D eigenvalue weighted by Gasteiger charge is -2.42. The van der Waals surface area contributed by atoms with Crippen LogP contribution in [0, 0.1) is 0 Å². The van der Waals surface area contributed by atoms with Crippen molar-refractivity contribution in [2.75, 3.05) is 11.9 Å². The van der Waals surface area contributed by atoms with E-state index >= 15 is 0 Å². The van der Waals surface area contributed by atoms with E-state index in [9.17, 15) is 0 Å². The second-order valence-electron chi connectivity index (χ2n) is 8.01. The van der Waals surface area contributed by atoms with Crippen molar-refractivity contribution in [2.45, 2.75) is 12.1 Å². The number of aromatic nitrogens is 3. The van der Waals surface area contributed by atoms with E-state index in [0.717, 1.165) is 48.6 Å². The molecule has 0 amide bonds. The van der Waals surface area contributed by atoms with Crippen LogP contribution < -0.4 is 9.64 Å². The molecule has 0 bridgehead atoms. The smallest absolute Gasteiger partial charge is 0.229 e. The van der Waals surface area contributed by atoms with E-state index < -0.39 is 0 Å². The summed E-state index contributed by atoms with van der Waals surface area (Å²) in [5.41, 5.74) is 5.24. The number of rotatable bonds is 2. The minimum absolute atomic E-state index is 0.192. The van der Waals surface area contributed by atoms with Crippen molar-refractivity contribution in [1.29, 1.82) is 0 Å². The standard InChI is InChI=1S/C25H17Br2ClN4O/c1-31-23-19-12-18(28)10-11-20(19)33-24(15-4-8-17(27)9-5-15)21(23)22(32-25(31)29-13-30-32)14-2-6-16(26)7-3-14/h2-13,22,24H,1H3/t22-,24+/m0/s1. The van der Waals surface area contributed by atoms with Crippen molar-refractivity contribution in [3.63, 3.8) is 0 Å². The molecule has 33 heavy (non-hydrogen) atoms. The van der Waals surface area contributed by atoms with E-state index in [0.29, 0.717) is 5.02 Å². The molecule has 4 aromatic rings. The Morgan fingerprint density at radius 3 is 2.27 bits per heavy atom. The zero-order chi connectivity index (χ0) is 22.7. The highest BCUT2D eigenvalue weighted by Gasteiger charge is 2.43. The van der Waals surface area contributed by atoms with Gasteiger partial charge >= 0.3 is 0 Å². The summed E-state index contributed by atoms with van der Waals surface area (Å²) in [6.45, 7) is 0. The molecule has 0 radical (unpaired) electrons. The topological polar surface area (TPSA) is 43.2 Å². The zero-order valence-corrected chi connectivity index (χ0v) is 21.3. The van der Waals surface area contributed by atoms with Crippen molar-refractivity contribution >= 4 is 55.1 Å². The zero-order valence-electron chi connectivity index (χ0n) is 17.4. The van der Waals surface area contributed by atoms with Crippen LogP contribution >= 0.6 is 43.5 Å². The monoisotopic (exact) mass is 582 g/mol. The summed E-state index contributed by atoms with van der Waals surface area (Å²) in [4.78, 5) is 6.67. The molecule has 0 saturated heterocycles. The highest BCUT2D eigenvalue weighted by atomic mass is 79.9. The van der Waals surface area contributed by atoms with Crippen molar-refractivity contribution < 1.29 is 4.74 Å². The third-order valence-electron chi connectivity index (χ3n) is 6.08. The van der Waals surface area contributed by atoms with Gasteiger partial charge in [0, 0.05) is 32.2 Å². The van der Waals surface area contributed by atoms with Gasteiger partial charge in [-0.2, -0.15) is 10.1 Å². The van der Waals surface area contributed by atoms with Crippen molar-refractivity contribution in [1.82, 2.24) is 14.8 Å². The molecule has 0 saturated carbocycles. The van der Waals surface area contributed by atoms with Crippen molar-refractivity contribution in [3.05, 3.63) is 109 Å². The summed E-state index contributed by atoms with van der Waals surface area (Å²) in [5, 5.41) is 5.28. The largest absolute Gasteiger partial charge is 0.480 e. The molecular weight excluding hydrogens is 568 g/mol. The highest BCUT2D eigenvalue weighted by Crippen LogP contribution is 2.52. The van der Waals surface area contributed by atoms with Crippen LogP contribution in [0.5, 0.6) is 5.75 Å². The summed E-state index contributed by atoms with van der Waals surface area (Å²) in [7, 11) is 2.02. The van der Waals surface area contributed by atoms with E-state index in [-0.39, 0.29) is 12.1 Å². The molecule has 1 aromatic heterocycles. The first-order valence-electron chi connectivity index (χ1n) is 10.4. The van der Waals surface area contributed by atoms with Crippen LogP contribution in [0.15, 0.2) is 87.6 Å². The van der Waals surface area contributed by atoms with Gasteiger partial charge in [0.15, 0.2) is 0 Å². The Morgan fingerprint density at radius 1 is 0.909 bits per heavy atom. The molecule has 0 unspecified atom stereocenters. The molecule has 3 aromatic carbocycles. The van der Waals surface area contributed by atoms with E-state index in [1.54, 1.807) is 6.33 Å². The number of halogens is 3. The maximum absolute atomic E-state index is 6.67. The first-order chi connectivity index (χ1) is 16.0. The molecule has 2 aliphatic heterocycles. The second-order valence-corrected chi connectivity index (χ2v) is 10.3. The lowest BCUT2D eigenvalue weighted by Crippen LogP contribution is -2.37. The summed E-state index contributed by atoms with van der Waals surface area (Å²) >= 11 is 13.5. The normalized spacial score (nSPS) is 19.0. The number of benzene rings is 3. The SMILES string of the molecule is CN1C2=C([C@H](c3ccc(Br)cc3)n3ncnc31)[C@@H](c1ccc(Br)cc1)Oc1ccc(Cl)cc12. The van der Waals surface area contributed by atoms with E-state index in [2.05, 4.69) is 71.1 Å². The first-order valence-corrected chi connectivity index (χ1v) is 12.3. The fraction of sp³-hybridized carbons (Fsp3) is 0.120. The van der Waals surface area contributed by atoms with Crippen LogP contribution in [-0.2, 0) is 0 Å². The van der Waals surface area contributed by atoms with E-state index in [4.69, 9.17) is 16.3 Å². The van der Waals surface area contributed by atoms with Crippen LogP contribution in [0.2, 0.25) is 5.02 Å². The average Bonchev–Trinajstić information content (AvgIpc) is 3.30. The van der Waals surface area contributed by atoms with Gasteiger partial charge in [0.05, 0.1) is 5.70 Å². The van der Waals surface area contributed by atoms with Gasteiger partial charge in [-0.3, -0.25) is 0 Å². The quantitative estimate of drug-likeness (QED) is 0.254. The van der Waals surface area contributed by atoms with Crippen LogP contribution in [0.1, 0.15) is 28.8 Å². The van der Waals surface area contributed by atoms with Gasteiger partial charge in [0.2, 0.25) is 5.95 Å². The van der Waals surface area contributed by atoms with Gasteiger partial charge in [-0.05, 0) is 53.6 Å². The van der Waals surface area contributed by atoms with E-state index in [1.165, 1.54) is 0 Å². The van der Waals surface area contributed by atoms with Gasteiger partial charge in [-0.25, -0.2) is 4.68 Å². The van der Waals surface area contributed by atoms with E-state index in [1.807, 2.05) is 54.2 Å². The molecule has 164 valence electrons. The molecule has 2 atom stereocenters. The summed E-state index contributed by atoms with van der Waals surface area (Å²) in [6.07, 6.45) is 1.29. The van der Waals surface area contributed by atoms with Crippen LogP contribution in [0.4, 0.5) is 5.95 Å². The molecule has 0 spiro atoms. The molecule has 3 heterocycles. The van der Waals surface area contributed by atoms with Crippen LogP contribution in [-0.4, -0.2) is 21.8 Å². The molecule has 0 fully saturated rings. The summed E-state index contributed by atoms with van der Waals surface area (Å²) in [5.74, 6) is 1.56. The van der Waals surface area contributed by atoms with Crippen LogP contribution in [0.3, 0.4) is 0 Å². The number of fused-ring (bicyclic) bond motifs is 3. The number of hydrogen-bond acceptors (Lipinski definition) is 4. The molecule has 2 aliphatic rings. The van der Waals surface area contributed by atoms with Crippen LogP contribution in [0.25, 0.3) is 5.70 Å². The first kappa shape index (κ1) is 21.0. The third kappa shape index (κ3) is 3.41. The fourth-order valence-electron chi connectivity index (χ4n) is 4.66. The lowest BCUT2D eigenvalue weighted by atomic mass is 9.84. The van der Waals surface area contributed by atoms with Gasteiger partial charge < -0.3 is 9.64 Å². The molecule has 0 N–H and O–H groups in total. The molecular formula is C25H17Br2ClN4O. The summed E-state index contributed by atoms with van der Waals surface area (Å²) < 4.78 is 10.7. The maximum Gasteiger partial charge on any atom is 0.229 e. The maximum atomic E-state index is 6.67. The Kier molecular flexibility index (Phi) is 5.09. The Bertz CT molecular complexity index is 1400.